The van der Waals surface area contributed by atoms with E-state index in [1.54, 1.807) is 12.4 Å². The molecule has 0 unspecified atom stereocenters. The Morgan fingerprint density at radius 1 is 0.577 bits per heavy atom. The van der Waals surface area contributed by atoms with Crippen LogP contribution in [-0.2, 0) is 0 Å². The molecule has 3 rings (SSSR count). The maximum atomic E-state index is 5.50. The molecule has 0 atom stereocenters. The Labute approximate surface area is 154 Å². The third kappa shape index (κ3) is 4.02. The summed E-state index contributed by atoms with van der Waals surface area (Å²) in [7, 11) is 0. The summed E-state index contributed by atoms with van der Waals surface area (Å²) in [6.07, 6.45) is 14.4. The van der Waals surface area contributed by atoms with Gasteiger partial charge in [-0.2, -0.15) is 0 Å². The topological polar surface area (TPSA) is 12.9 Å². The highest BCUT2D eigenvalue weighted by molar-refractivity contribution is 5.54. The first-order valence-electron chi connectivity index (χ1n) is 7.90. The molecule has 0 saturated carbocycles. The molecule has 0 bridgehead atoms. The van der Waals surface area contributed by atoms with Crippen molar-refractivity contribution in [3.63, 3.8) is 0 Å². The summed E-state index contributed by atoms with van der Waals surface area (Å²) < 4.78 is 0. The number of terminal acetylenes is 2. The lowest BCUT2D eigenvalue weighted by Gasteiger charge is -1.96. The summed E-state index contributed by atoms with van der Waals surface area (Å²) in [5.41, 5.74) is 4.72. The number of hydrogen-bond donors (Lipinski definition) is 0. The molecular formula is C25H13N. The van der Waals surface area contributed by atoms with Crippen LogP contribution in [0.4, 0.5) is 0 Å². The third-order valence-corrected chi connectivity index (χ3v) is 3.59. The molecule has 1 nitrogen and oxygen atoms in total. The van der Waals surface area contributed by atoms with Gasteiger partial charge in [0, 0.05) is 45.8 Å². The van der Waals surface area contributed by atoms with Crippen LogP contribution in [0.3, 0.4) is 0 Å². The van der Waals surface area contributed by atoms with Gasteiger partial charge >= 0.3 is 0 Å². The molecule has 3 aromatic rings. The molecule has 1 heterocycles. The normalized spacial score (nSPS) is 8.85. The quantitative estimate of drug-likeness (QED) is 0.572. The maximum Gasteiger partial charge on any atom is 0.0444 e. The van der Waals surface area contributed by atoms with E-state index < -0.39 is 0 Å². The van der Waals surface area contributed by atoms with Gasteiger partial charge in [-0.05, 0) is 30.3 Å². The van der Waals surface area contributed by atoms with Crippen molar-refractivity contribution in [2.75, 3.05) is 0 Å². The first-order chi connectivity index (χ1) is 12.8. The molecule has 1 aromatic heterocycles. The molecule has 0 aliphatic heterocycles. The molecule has 0 fully saturated rings. The standard InChI is InChI=1S/C25H13N/c1-3-22-9-5-7-11-24(22)15-13-20-17-21(19-26-18-20)14-16-25-12-8-6-10-23(25)4-2/h1-2,5-12,17-19H. The molecule has 0 amide bonds. The zero-order valence-corrected chi connectivity index (χ0v) is 14.0. The van der Waals surface area contributed by atoms with E-state index in [-0.39, 0.29) is 0 Å². The SMILES string of the molecule is C#Cc1ccccc1C#Cc1cncc(C#Cc2ccccc2C#C)c1. The van der Waals surface area contributed by atoms with E-state index in [9.17, 15) is 0 Å². The molecule has 26 heavy (non-hydrogen) atoms. The van der Waals surface area contributed by atoms with E-state index in [1.165, 1.54) is 0 Å². The number of hydrogen-bond acceptors (Lipinski definition) is 1. The zero-order chi connectivity index (χ0) is 18.2. The second kappa shape index (κ2) is 8.08. The Morgan fingerprint density at radius 2 is 1.00 bits per heavy atom. The van der Waals surface area contributed by atoms with Gasteiger partial charge in [0.05, 0.1) is 0 Å². The van der Waals surface area contributed by atoms with Gasteiger partial charge < -0.3 is 0 Å². The van der Waals surface area contributed by atoms with Gasteiger partial charge in [-0.25, -0.2) is 0 Å². The number of benzene rings is 2. The molecule has 1 heteroatoms. The maximum absolute atomic E-state index is 5.50. The van der Waals surface area contributed by atoms with Gasteiger partial charge in [-0.15, -0.1) is 12.8 Å². The van der Waals surface area contributed by atoms with Crippen LogP contribution in [0.2, 0.25) is 0 Å². The summed E-state index contributed by atoms with van der Waals surface area (Å²) >= 11 is 0. The van der Waals surface area contributed by atoms with Crippen molar-refractivity contribution in [1.29, 1.82) is 0 Å². The lowest BCUT2D eigenvalue weighted by Crippen LogP contribution is -1.85. The van der Waals surface area contributed by atoms with Gasteiger partial charge in [0.15, 0.2) is 0 Å². The highest BCUT2D eigenvalue weighted by atomic mass is 14.6. The van der Waals surface area contributed by atoms with E-state index in [0.717, 1.165) is 33.4 Å². The van der Waals surface area contributed by atoms with Crippen molar-refractivity contribution in [3.8, 4) is 48.4 Å². The summed E-state index contributed by atoms with van der Waals surface area (Å²) in [5, 5.41) is 0. The van der Waals surface area contributed by atoms with Crippen molar-refractivity contribution in [3.05, 3.63) is 100 Å². The average Bonchev–Trinajstić information content (AvgIpc) is 2.71. The van der Waals surface area contributed by atoms with Crippen molar-refractivity contribution in [2.24, 2.45) is 0 Å². The van der Waals surface area contributed by atoms with Crippen LogP contribution < -0.4 is 0 Å². The predicted molar refractivity (Wildman–Crippen MR) is 105 cm³/mol. The number of pyridine rings is 1. The van der Waals surface area contributed by atoms with Crippen LogP contribution in [0.1, 0.15) is 33.4 Å². The Bertz CT molecular complexity index is 1070. The molecule has 0 aliphatic rings. The van der Waals surface area contributed by atoms with Crippen molar-refractivity contribution >= 4 is 0 Å². The molecule has 0 radical (unpaired) electrons. The first-order valence-corrected chi connectivity index (χ1v) is 7.90. The minimum Gasteiger partial charge on any atom is -0.262 e. The minimum atomic E-state index is 0.772. The van der Waals surface area contributed by atoms with Crippen LogP contribution in [0.25, 0.3) is 0 Å². The fraction of sp³-hybridized carbons (Fsp3) is 0. The Balaban J connectivity index is 1.90. The van der Waals surface area contributed by atoms with Crippen LogP contribution in [-0.4, -0.2) is 4.98 Å². The molecule has 0 aliphatic carbocycles. The van der Waals surface area contributed by atoms with Crippen molar-refractivity contribution in [1.82, 2.24) is 4.98 Å². The first kappa shape index (κ1) is 16.7. The fourth-order valence-electron chi connectivity index (χ4n) is 2.29. The molecule has 118 valence electrons. The van der Waals surface area contributed by atoms with Gasteiger partial charge in [-0.3, -0.25) is 4.98 Å². The second-order valence-corrected chi connectivity index (χ2v) is 5.34. The van der Waals surface area contributed by atoms with Crippen molar-refractivity contribution in [2.45, 2.75) is 0 Å². The summed E-state index contributed by atoms with van der Waals surface area (Å²) in [6, 6.07) is 17.0. The number of aromatic nitrogens is 1. The van der Waals surface area contributed by atoms with Crippen LogP contribution in [0, 0.1) is 48.4 Å². The van der Waals surface area contributed by atoms with Crippen LogP contribution >= 0.6 is 0 Å². The van der Waals surface area contributed by atoms with E-state index in [1.807, 2.05) is 54.6 Å². The Kier molecular flexibility index (Phi) is 5.19. The third-order valence-electron chi connectivity index (χ3n) is 3.59. The van der Waals surface area contributed by atoms with E-state index >= 15 is 0 Å². The highest BCUT2D eigenvalue weighted by Crippen LogP contribution is 2.08. The smallest absolute Gasteiger partial charge is 0.0444 e. The molecule has 0 spiro atoms. The highest BCUT2D eigenvalue weighted by Gasteiger charge is 1.96. The molecule has 0 saturated heterocycles. The van der Waals surface area contributed by atoms with Gasteiger partial charge in [0.25, 0.3) is 0 Å². The number of nitrogens with zero attached hydrogens (tertiary/aromatic N) is 1. The van der Waals surface area contributed by atoms with E-state index in [4.69, 9.17) is 12.8 Å². The second-order valence-electron chi connectivity index (χ2n) is 5.34. The van der Waals surface area contributed by atoms with Crippen LogP contribution in [0.15, 0.2) is 67.0 Å². The van der Waals surface area contributed by atoms with E-state index in [0.29, 0.717) is 0 Å². The monoisotopic (exact) mass is 327 g/mol. The molecule has 0 N–H and O–H groups in total. The zero-order valence-electron chi connectivity index (χ0n) is 14.0. The lowest BCUT2D eigenvalue weighted by molar-refractivity contribution is 1.30. The molecular weight excluding hydrogens is 314 g/mol. The van der Waals surface area contributed by atoms with E-state index in [2.05, 4.69) is 40.5 Å². The fourth-order valence-corrected chi connectivity index (χ4v) is 2.29. The van der Waals surface area contributed by atoms with Gasteiger partial charge in [-0.1, -0.05) is 59.8 Å². The van der Waals surface area contributed by atoms with Gasteiger partial charge in [0.2, 0.25) is 0 Å². The Morgan fingerprint density at radius 3 is 1.42 bits per heavy atom. The predicted octanol–water partition coefficient (Wildman–Crippen LogP) is 3.84. The van der Waals surface area contributed by atoms with Crippen LogP contribution in [0.5, 0.6) is 0 Å². The summed E-state index contributed by atoms with van der Waals surface area (Å²) in [5.74, 6) is 17.6. The van der Waals surface area contributed by atoms with Gasteiger partial charge in [0.1, 0.15) is 0 Å². The minimum absolute atomic E-state index is 0.772. The lowest BCUT2D eigenvalue weighted by atomic mass is 10.1. The largest absolute Gasteiger partial charge is 0.262 e. The summed E-state index contributed by atoms with van der Waals surface area (Å²) in [6.45, 7) is 0. The van der Waals surface area contributed by atoms with Crippen molar-refractivity contribution < 1.29 is 0 Å². The Hall–Kier alpha value is -4.17. The average molecular weight is 327 g/mol. The molecule has 2 aromatic carbocycles. The summed E-state index contributed by atoms with van der Waals surface area (Å²) in [4.78, 5) is 4.21. The number of rotatable bonds is 0.